The molecule has 0 aromatic heterocycles. The molecule has 0 radical (unpaired) electrons. The maximum atomic E-state index is 3.68. The Morgan fingerprint density at radius 3 is 2.33 bits per heavy atom. The molecule has 1 aromatic carbocycles. The van der Waals surface area contributed by atoms with Gasteiger partial charge in [-0.3, -0.25) is 4.90 Å². The van der Waals surface area contributed by atoms with Gasteiger partial charge in [-0.1, -0.05) is 44.5 Å². The number of nitrogens with zero attached hydrogens (tertiary/aromatic N) is 1. The molecule has 0 spiro atoms. The average molecular weight is 246 g/mol. The quantitative estimate of drug-likeness (QED) is 0.795. The van der Waals surface area contributed by atoms with Gasteiger partial charge in [0.25, 0.3) is 0 Å². The topological polar surface area (TPSA) is 15.3 Å². The third-order valence-electron chi connectivity index (χ3n) is 3.71. The van der Waals surface area contributed by atoms with E-state index in [0.717, 1.165) is 19.6 Å². The smallest absolute Gasteiger partial charge is 0.0241 e. The molecule has 1 atom stereocenters. The van der Waals surface area contributed by atoms with Crippen molar-refractivity contribution in [3.63, 3.8) is 0 Å². The first-order chi connectivity index (χ1) is 8.83. The van der Waals surface area contributed by atoms with Crippen LogP contribution >= 0.6 is 0 Å². The van der Waals surface area contributed by atoms with Crippen LogP contribution in [0.2, 0.25) is 0 Å². The predicted octanol–water partition coefficient (Wildman–Crippen LogP) is 3.17. The molecular formula is C16H26N2. The van der Waals surface area contributed by atoms with Gasteiger partial charge in [0, 0.05) is 25.7 Å². The van der Waals surface area contributed by atoms with Crippen molar-refractivity contribution in [3.8, 4) is 0 Å². The summed E-state index contributed by atoms with van der Waals surface area (Å²) in [6.45, 7) is 9.10. The molecule has 2 heteroatoms. The molecule has 1 heterocycles. The number of benzene rings is 1. The average Bonchev–Trinajstić information content (AvgIpc) is 2.78. The van der Waals surface area contributed by atoms with E-state index in [1.54, 1.807) is 0 Å². The molecule has 2 rings (SSSR count). The van der Waals surface area contributed by atoms with Crippen molar-refractivity contribution in [1.82, 2.24) is 10.2 Å². The summed E-state index contributed by atoms with van der Waals surface area (Å²) in [5, 5.41) is 3.68. The minimum absolute atomic E-state index is 0.657. The maximum absolute atomic E-state index is 3.68. The molecule has 1 N–H and O–H groups in total. The van der Waals surface area contributed by atoms with Crippen LogP contribution in [0.3, 0.4) is 0 Å². The van der Waals surface area contributed by atoms with Crippen LogP contribution < -0.4 is 5.32 Å². The zero-order valence-corrected chi connectivity index (χ0v) is 11.8. The second-order valence-electron chi connectivity index (χ2n) is 5.38. The minimum atomic E-state index is 0.657. The van der Waals surface area contributed by atoms with Crippen LogP contribution in [-0.4, -0.2) is 24.0 Å². The zero-order valence-electron chi connectivity index (χ0n) is 11.8. The van der Waals surface area contributed by atoms with E-state index < -0.39 is 0 Å². The Bertz CT molecular complexity index is 337. The minimum Gasteiger partial charge on any atom is -0.313 e. The van der Waals surface area contributed by atoms with E-state index in [1.165, 1.54) is 36.9 Å². The summed E-state index contributed by atoms with van der Waals surface area (Å²) in [5.74, 6) is 0. The molecule has 0 amide bonds. The SMILES string of the molecule is CCCNC(CCC)CN1Cc2ccccc2C1. The highest BCUT2D eigenvalue weighted by Crippen LogP contribution is 2.22. The summed E-state index contributed by atoms with van der Waals surface area (Å²) in [5.41, 5.74) is 3.03. The Morgan fingerprint density at radius 1 is 1.11 bits per heavy atom. The Hall–Kier alpha value is -0.860. The van der Waals surface area contributed by atoms with Crippen LogP contribution in [0.1, 0.15) is 44.2 Å². The Kier molecular flexibility index (Phi) is 5.21. The van der Waals surface area contributed by atoms with E-state index in [2.05, 4.69) is 48.3 Å². The standard InChI is InChI=1S/C16H26N2/c1-3-7-16(17-10-4-2)13-18-11-14-8-5-6-9-15(14)12-18/h5-6,8-9,16-17H,3-4,7,10-13H2,1-2H3. The highest BCUT2D eigenvalue weighted by Gasteiger charge is 2.20. The fourth-order valence-electron chi connectivity index (χ4n) is 2.80. The van der Waals surface area contributed by atoms with Gasteiger partial charge in [0.05, 0.1) is 0 Å². The molecule has 0 saturated carbocycles. The lowest BCUT2D eigenvalue weighted by molar-refractivity contribution is 0.241. The van der Waals surface area contributed by atoms with Gasteiger partial charge in [-0.15, -0.1) is 0 Å². The van der Waals surface area contributed by atoms with Gasteiger partial charge in [0.15, 0.2) is 0 Å². The molecule has 1 aromatic rings. The molecule has 1 aliphatic rings. The van der Waals surface area contributed by atoms with E-state index in [1.807, 2.05) is 0 Å². The first-order valence-corrected chi connectivity index (χ1v) is 7.36. The fraction of sp³-hybridized carbons (Fsp3) is 0.625. The fourth-order valence-corrected chi connectivity index (χ4v) is 2.80. The Morgan fingerprint density at radius 2 is 1.78 bits per heavy atom. The molecular weight excluding hydrogens is 220 g/mol. The molecule has 0 fully saturated rings. The van der Waals surface area contributed by atoms with Crippen molar-refractivity contribution in [2.45, 2.75) is 52.2 Å². The lowest BCUT2D eigenvalue weighted by Crippen LogP contribution is -2.39. The van der Waals surface area contributed by atoms with Crippen LogP contribution in [0.15, 0.2) is 24.3 Å². The van der Waals surface area contributed by atoms with Gasteiger partial charge in [-0.05, 0) is 30.5 Å². The summed E-state index contributed by atoms with van der Waals surface area (Å²) < 4.78 is 0. The lowest BCUT2D eigenvalue weighted by Gasteiger charge is -2.24. The molecule has 0 saturated heterocycles. The summed E-state index contributed by atoms with van der Waals surface area (Å²) >= 11 is 0. The normalized spacial score (nSPS) is 16.8. The van der Waals surface area contributed by atoms with Gasteiger partial charge in [-0.2, -0.15) is 0 Å². The maximum Gasteiger partial charge on any atom is 0.0241 e. The van der Waals surface area contributed by atoms with E-state index >= 15 is 0 Å². The number of nitrogens with one attached hydrogen (secondary N) is 1. The van der Waals surface area contributed by atoms with Crippen LogP contribution in [0.5, 0.6) is 0 Å². The van der Waals surface area contributed by atoms with Crippen molar-refractivity contribution in [1.29, 1.82) is 0 Å². The molecule has 0 bridgehead atoms. The molecule has 2 nitrogen and oxygen atoms in total. The summed E-state index contributed by atoms with van der Waals surface area (Å²) in [7, 11) is 0. The molecule has 0 aliphatic carbocycles. The van der Waals surface area contributed by atoms with Crippen LogP contribution in [0, 0.1) is 0 Å². The monoisotopic (exact) mass is 246 g/mol. The van der Waals surface area contributed by atoms with Gasteiger partial charge in [0.1, 0.15) is 0 Å². The van der Waals surface area contributed by atoms with E-state index in [4.69, 9.17) is 0 Å². The van der Waals surface area contributed by atoms with Crippen molar-refractivity contribution < 1.29 is 0 Å². The van der Waals surface area contributed by atoms with Gasteiger partial charge in [-0.25, -0.2) is 0 Å². The molecule has 18 heavy (non-hydrogen) atoms. The lowest BCUT2D eigenvalue weighted by atomic mass is 10.1. The first-order valence-electron chi connectivity index (χ1n) is 7.36. The van der Waals surface area contributed by atoms with Crippen LogP contribution in [0.4, 0.5) is 0 Å². The summed E-state index contributed by atoms with van der Waals surface area (Å²) in [6.07, 6.45) is 3.77. The first kappa shape index (κ1) is 13.6. The number of rotatable bonds is 7. The Labute approximate surface area is 111 Å². The largest absolute Gasteiger partial charge is 0.313 e. The summed E-state index contributed by atoms with van der Waals surface area (Å²) in [4.78, 5) is 2.58. The number of hydrogen-bond donors (Lipinski definition) is 1. The summed E-state index contributed by atoms with van der Waals surface area (Å²) in [6, 6.07) is 9.50. The van der Waals surface area contributed by atoms with Crippen molar-refractivity contribution >= 4 is 0 Å². The number of hydrogen-bond acceptors (Lipinski definition) is 2. The third-order valence-corrected chi connectivity index (χ3v) is 3.71. The van der Waals surface area contributed by atoms with E-state index in [-0.39, 0.29) is 0 Å². The van der Waals surface area contributed by atoms with Crippen LogP contribution in [-0.2, 0) is 13.1 Å². The highest BCUT2D eigenvalue weighted by atomic mass is 15.2. The van der Waals surface area contributed by atoms with Crippen molar-refractivity contribution in [3.05, 3.63) is 35.4 Å². The third kappa shape index (κ3) is 3.56. The predicted molar refractivity (Wildman–Crippen MR) is 77.5 cm³/mol. The van der Waals surface area contributed by atoms with Gasteiger partial charge >= 0.3 is 0 Å². The Balaban J connectivity index is 1.86. The second-order valence-corrected chi connectivity index (χ2v) is 5.38. The highest BCUT2D eigenvalue weighted by molar-refractivity contribution is 5.30. The van der Waals surface area contributed by atoms with Gasteiger partial charge < -0.3 is 5.32 Å². The van der Waals surface area contributed by atoms with Crippen LogP contribution in [0.25, 0.3) is 0 Å². The molecule has 1 aliphatic heterocycles. The van der Waals surface area contributed by atoms with Crippen molar-refractivity contribution in [2.24, 2.45) is 0 Å². The van der Waals surface area contributed by atoms with E-state index in [9.17, 15) is 0 Å². The molecule has 1 unspecified atom stereocenters. The zero-order chi connectivity index (χ0) is 12.8. The van der Waals surface area contributed by atoms with Gasteiger partial charge in [0.2, 0.25) is 0 Å². The molecule has 100 valence electrons. The van der Waals surface area contributed by atoms with E-state index in [0.29, 0.717) is 6.04 Å². The second kappa shape index (κ2) is 6.91. The number of fused-ring (bicyclic) bond motifs is 1. The van der Waals surface area contributed by atoms with Crippen molar-refractivity contribution in [2.75, 3.05) is 13.1 Å².